The van der Waals surface area contributed by atoms with Crippen LogP contribution in [0.5, 0.6) is 0 Å². The molecule has 3 aliphatic heterocycles. The van der Waals surface area contributed by atoms with Gasteiger partial charge in [-0.1, -0.05) is 0 Å². The third-order valence-electron chi connectivity index (χ3n) is 5.33. The zero-order valence-corrected chi connectivity index (χ0v) is 18.3. The Hall–Kier alpha value is -0.160. The van der Waals surface area contributed by atoms with E-state index >= 15 is 0 Å². The second kappa shape index (κ2) is 12.3. The van der Waals surface area contributed by atoms with Crippen LogP contribution in [-0.4, -0.2) is 88.8 Å². The fourth-order valence-corrected chi connectivity index (χ4v) is 3.87. The molecular formula is C18H35IN4O3. The van der Waals surface area contributed by atoms with E-state index in [0.717, 1.165) is 84.6 Å². The van der Waals surface area contributed by atoms with Gasteiger partial charge in [0.15, 0.2) is 5.96 Å². The molecule has 0 saturated carbocycles. The zero-order valence-electron chi connectivity index (χ0n) is 16.0. The van der Waals surface area contributed by atoms with Crippen molar-refractivity contribution in [1.82, 2.24) is 15.5 Å². The Balaban J connectivity index is 0.00000243. The molecule has 3 fully saturated rings. The molecule has 8 heteroatoms. The maximum atomic E-state index is 5.70. The van der Waals surface area contributed by atoms with E-state index in [0.29, 0.717) is 18.1 Å². The molecule has 3 rings (SSSR count). The summed E-state index contributed by atoms with van der Waals surface area (Å²) in [6.07, 6.45) is 3.77. The molecule has 0 bridgehead atoms. The molecule has 2 N–H and O–H groups in total. The molecule has 0 aromatic carbocycles. The summed E-state index contributed by atoms with van der Waals surface area (Å²) in [5.74, 6) is 1.47. The monoisotopic (exact) mass is 482 g/mol. The molecule has 3 unspecified atom stereocenters. The second-order valence-electron chi connectivity index (χ2n) is 7.07. The van der Waals surface area contributed by atoms with Crippen LogP contribution in [0.25, 0.3) is 0 Å². The van der Waals surface area contributed by atoms with Crippen LogP contribution in [0, 0.1) is 5.92 Å². The Kier molecular flexibility index (Phi) is 10.5. The second-order valence-corrected chi connectivity index (χ2v) is 7.07. The van der Waals surface area contributed by atoms with Crippen molar-refractivity contribution >= 4 is 29.9 Å². The molecule has 26 heavy (non-hydrogen) atoms. The number of nitrogens with one attached hydrogen (secondary N) is 2. The maximum absolute atomic E-state index is 5.70. The number of halogens is 1. The van der Waals surface area contributed by atoms with Gasteiger partial charge in [-0.3, -0.25) is 9.89 Å². The summed E-state index contributed by atoms with van der Waals surface area (Å²) in [5, 5.41) is 6.82. The first-order valence-electron chi connectivity index (χ1n) is 9.90. The highest BCUT2D eigenvalue weighted by molar-refractivity contribution is 14.0. The van der Waals surface area contributed by atoms with Gasteiger partial charge in [-0.25, -0.2) is 0 Å². The number of hydrogen-bond donors (Lipinski definition) is 2. The quantitative estimate of drug-likeness (QED) is 0.322. The largest absolute Gasteiger partial charge is 0.381 e. The van der Waals surface area contributed by atoms with Crippen molar-refractivity contribution in [2.24, 2.45) is 10.9 Å². The van der Waals surface area contributed by atoms with E-state index in [4.69, 9.17) is 19.2 Å². The van der Waals surface area contributed by atoms with E-state index in [1.807, 2.05) is 0 Å². The van der Waals surface area contributed by atoms with Gasteiger partial charge < -0.3 is 24.8 Å². The third-order valence-corrected chi connectivity index (χ3v) is 5.33. The number of morpholine rings is 1. The van der Waals surface area contributed by atoms with E-state index in [2.05, 4.69) is 22.5 Å². The fraction of sp³-hybridized carbons (Fsp3) is 0.944. The van der Waals surface area contributed by atoms with Gasteiger partial charge in [-0.2, -0.15) is 0 Å². The Morgan fingerprint density at radius 2 is 1.96 bits per heavy atom. The van der Waals surface area contributed by atoms with Gasteiger partial charge in [0.1, 0.15) is 0 Å². The molecule has 3 atom stereocenters. The van der Waals surface area contributed by atoms with E-state index in [9.17, 15) is 0 Å². The van der Waals surface area contributed by atoms with Gasteiger partial charge in [-0.15, -0.1) is 24.0 Å². The van der Waals surface area contributed by atoms with Gasteiger partial charge >= 0.3 is 0 Å². The first kappa shape index (κ1) is 22.1. The molecule has 3 heterocycles. The summed E-state index contributed by atoms with van der Waals surface area (Å²) in [5.41, 5.74) is 0. The minimum atomic E-state index is 0. The molecule has 0 amide bonds. The molecule has 152 valence electrons. The lowest BCUT2D eigenvalue weighted by Crippen LogP contribution is -2.49. The maximum Gasteiger partial charge on any atom is 0.191 e. The van der Waals surface area contributed by atoms with Gasteiger partial charge in [0.05, 0.1) is 32.5 Å². The number of hydrogen-bond acceptors (Lipinski definition) is 5. The molecule has 0 radical (unpaired) electrons. The average Bonchev–Trinajstić information content (AvgIpc) is 3.35. The van der Waals surface area contributed by atoms with Gasteiger partial charge in [0.2, 0.25) is 0 Å². The summed E-state index contributed by atoms with van der Waals surface area (Å²) in [6.45, 7) is 10.9. The minimum Gasteiger partial charge on any atom is -0.381 e. The summed E-state index contributed by atoms with van der Waals surface area (Å²) in [7, 11) is 0. The smallest absolute Gasteiger partial charge is 0.191 e. The average molecular weight is 482 g/mol. The molecule has 3 aliphatic rings. The van der Waals surface area contributed by atoms with Gasteiger partial charge in [0, 0.05) is 51.4 Å². The lowest BCUT2D eigenvalue weighted by atomic mass is 9.97. The minimum absolute atomic E-state index is 0. The molecular weight excluding hydrogens is 447 g/mol. The Bertz CT molecular complexity index is 409. The van der Waals surface area contributed by atoms with Crippen molar-refractivity contribution in [3.8, 4) is 0 Å². The standard InChI is InChI=1S/C18H34N4O3.HI/c1-2-19-18(20-12-16-4-3-8-25-16)21-13-17(15-5-9-24-14-15)22-6-10-23-11-7-22;/h15-17H,2-14H2,1H3,(H2,19,20,21);1H. The van der Waals surface area contributed by atoms with Gasteiger partial charge in [0.25, 0.3) is 0 Å². The Morgan fingerprint density at radius 1 is 1.12 bits per heavy atom. The van der Waals surface area contributed by atoms with Crippen molar-refractivity contribution in [3.05, 3.63) is 0 Å². The van der Waals surface area contributed by atoms with Crippen molar-refractivity contribution < 1.29 is 14.2 Å². The summed E-state index contributed by atoms with van der Waals surface area (Å²) in [4.78, 5) is 7.43. The van der Waals surface area contributed by atoms with Crippen LogP contribution >= 0.6 is 24.0 Å². The summed E-state index contributed by atoms with van der Waals surface area (Å²) in [6, 6.07) is 0.435. The predicted molar refractivity (Wildman–Crippen MR) is 113 cm³/mol. The summed E-state index contributed by atoms with van der Waals surface area (Å²) < 4.78 is 16.9. The van der Waals surface area contributed by atoms with Crippen LogP contribution in [0.4, 0.5) is 0 Å². The lowest BCUT2D eigenvalue weighted by molar-refractivity contribution is 0.00368. The van der Waals surface area contributed by atoms with E-state index in [-0.39, 0.29) is 24.0 Å². The van der Waals surface area contributed by atoms with Crippen LogP contribution in [0.15, 0.2) is 4.99 Å². The van der Waals surface area contributed by atoms with Crippen molar-refractivity contribution in [1.29, 1.82) is 0 Å². The SMILES string of the molecule is CCNC(=NCC(C1CCOC1)N1CCOCC1)NCC1CCCO1.I. The first-order chi connectivity index (χ1) is 12.4. The highest BCUT2D eigenvalue weighted by Gasteiger charge is 2.31. The molecule has 3 saturated heterocycles. The summed E-state index contributed by atoms with van der Waals surface area (Å²) >= 11 is 0. The first-order valence-corrected chi connectivity index (χ1v) is 9.90. The molecule has 0 aromatic heterocycles. The highest BCUT2D eigenvalue weighted by Crippen LogP contribution is 2.22. The van der Waals surface area contributed by atoms with Crippen LogP contribution < -0.4 is 10.6 Å². The number of ether oxygens (including phenoxy) is 3. The topological polar surface area (TPSA) is 67.4 Å². The molecule has 0 spiro atoms. The number of rotatable bonds is 7. The lowest BCUT2D eigenvalue weighted by Gasteiger charge is -2.36. The van der Waals surface area contributed by atoms with Crippen molar-refractivity contribution in [3.63, 3.8) is 0 Å². The van der Waals surface area contributed by atoms with Gasteiger partial charge in [-0.05, 0) is 26.2 Å². The predicted octanol–water partition coefficient (Wildman–Crippen LogP) is 1.08. The van der Waals surface area contributed by atoms with Crippen LogP contribution in [-0.2, 0) is 14.2 Å². The number of guanidine groups is 1. The zero-order chi connectivity index (χ0) is 17.3. The van der Waals surface area contributed by atoms with E-state index in [1.54, 1.807) is 0 Å². The molecule has 0 aromatic rings. The number of nitrogens with zero attached hydrogens (tertiary/aromatic N) is 2. The Morgan fingerprint density at radius 3 is 2.62 bits per heavy atom. The molecule has 7 nitrogen and oxygen atoms in total. The Labute approximate surface area is 174 Å². The van der Waals surface area contributed by atoms with Crippen molar-refractivity contribution in [2.75, 3.05) is 65.8 Å². The molecule has 0 aliphatic carbocycles. The van der Waals surface area contributed by atoms with E-state index in [1.165, 1.54) is 6.42 Å². The fourth-order valence-electron chi connectivity index (χ4n) is 3.87. The third kappa shape index (κ3) is 6.78. The van der Waals surface area contributed by atoms with Crippen LogP contribution in [0.1, 0.15) is 26.2 Å². The van der Waals surface area contributed by atoms with Crippen molar-refractivity contribution in [2.45, 2.75) is 38.3 Å². The van der Waals surface area contributed by atoms with Crippen LogP contribution in [0.2, 0.25) is 0 Å². The van der Waals surface area contributed by atoms with Crippen LogP contribution in [0.3, 0.4) is 0 Å². The number of aliphatic imine (C=N–C) groups is 1. The van der Waals surface area contributed by atoms with E-state index < -0.39 is 0 Å². The normalized spacial score (nSPS) is 28.6. The highest BCUT2D eigenvalue weighted by atomic mass is 127.